The molecule has 196 valence electrons. The summed E-state index contributed by atoms with van der Waals surface area (Å²) in [7, 11) is -2.95. The number of aromatic nitrogens is 2. The maximum Gasteiger partial charge on any atom is 0.418 e. The van der Waals surface area contributed by atoms with Crippen molar-refractivity contribution in [3.8, 4) is 11.3 Å². The minimum atomic E-state index is -4.69. The lowest BCUT2D eigenvalue weighted by Gasteiger charge is -2.43. The largest absolute Gasteiger partial charge is 0.469 e. The van der Waals surface area contributed by atoms with Crippen LogP contribution in [0.15, 0.2) is 59.6 Å². The minimum Gasteiger partial charge on any atom is -0.469 e. The highest BCUT2D eigenvalue weighted by Crippen LogP contribution is 2.43. The molecule has 0 amide bonds. The monoisotopic (exact) mass is 534 g/mol. The standard InChI is InChI=1S/C25H25F3N4O4S/c1-15-7-4-5-8-17(15)22-18(25(26,27)28)11-12-20(31-22)32-37(34,35)21-10-6-9-19(30-21)29-16-13-24(2,14-16)23(33)36-3/h4-12,16H,13-14H2,1-3H3,(H,29,30)(H,31,32)/t16-,24+. The lowest BCUT2D eigenvalue weighted by Crippen LogP contribution is -2.48. The topological polar surface area (TPSA) is 110 Å². The molecule has 0 atom stereocenters. The molecular formula is C25H25F3N4O4S. The van der Waals surface area contributed by atoms with Crippen LogP contribution in [-0.4, -0.2) is 37.5 Å². The second kappa shape index (κ2) is 9.66. The normalized spacial score (nSPS) is 19.6. The van der Waals surface area contributed by atoms with E-state index in [-0.39, 0.29) is 39.9 Å². The van der Waals surface area contributed by atoms with Crippen LogP contribution in [0.3, 0.4) is 0 Å². The number of methoxy groups -OCH3 is 1. The highest BCUT2D eigenvalue weighted by molar-refractivity contribution is 7.92. The Balaban J connectivity index is 1.57. The van der Waals surface area contributed by atoms with Crippen LogP contribution >= 0.6 is 0 Å². The molecule has 0 aliphatic heterocycles. The van der Waals surface area contributed by atoms with Gasteiger partial charge in [-0.3, -0.25) is 9.52 Å². The number of benzene rings is 1. The summed E-state index contributed by atoms with van der Waals surface area (Å²) in [6, 6.07) is 12.4. The van der Waals surface area contributed by atoms with E-state index < -0.39 is 27.2 Å². The number of sulfonamides is 1. The molecule has 12 heteroatoms. The van der Waals surface area contributed by atoms with E-state index in [2.05, 4.69) is 20.0 Å². The van der Waals surface area contributed by atoms with E-state index in [9.17, 15) is 26.4 Å². The molecule has 0 saturated heterocycles. The third kappa shape index (κ3) is 5.53. The number of carbonyl (C=O) groups excluding carboxylic acids is 1. The van der Waals surface area contributed by atoms with Gasteiger partial charge in [0.15, 0.2) is 5.03 Å². The van der Waals surface area contributed by atoms with E-state index in [0.717, 1.165) is 12.1 Å². The molecule has 1 saturated carbocycles. The third-order valence-corrected chi connectivity index (χ3v) is 7.52. The zero-order valence-corrected chi connectivity index (χ0v) is 21.1. The molecular weight excluding hydrogens is 509 g/mol. The first kappa shape index (κ1) is 26.4. The zero-order valence-electron chi connectivity index (χ0n) is 20.3. The predicted molar refractivity (Wildman–Crippen MR) is 131 cm³/mol. The summed E-state index contributed by atoms with van der Waals surface area (Å²) < 4.78 is 74.1. The molecule has 0 unspecified atom stereocenters. The molecule has 0 spiro atoms. The van der Waals surface area contributed by atoms with Crippen LogP contribution in [0.4, 0.5) is 24.8 Å². The van der Waals surface area contributed by atoms with Crippen LogP contribution < -0.4 is 10.0 Å². The Bertz CT molecular complexity index is 1440. The van der Waals surface area contributed by atoms with Crippen molar-refractivity contribution in [2.24, 2.45) is 5.41 Å². The Morgan fingerprint density at radius 3 is 2.38 bits per heavy atom. The maximum atomic E-state index is 13.7. The van der Waals surface area contributed by atoms with Crippen molar-refractivity contribution < 1.29 is 31.1 Å². The second-order valence-corrected chi connectivity index (χ2v) is 10.8. The number of esters is 1. The molecule has 3 aromatic rings. The van der Waals surface area contributed by atoms with E-state index in [1.807, 2.05) is 0 Å². The number of nitrogens with one attached hydrogen (secondary N) is 2. The van der Waals surface area contributed by atoms with Gasteiger partial charge in [0.1, 0.15) is 11.6 Å². The fourth-order valence-electron chi connectivity index (χ4n) is 4.38. The maximum absolute atomic E-state index is 13.7. The van der Waals surface area contributed by atoms with Crippen molar-refractivity contribution in [2.75, 3.05) is 17.1 Å². The van der Waals surface area contributed by atoms with Gasteiger partial charge < -0.3 is 10.1 Å². The number of aryl methyl sites for hydroxylation is 1. The van der Waals surface area contributed by atoms with Crippen LogP contribution in [0, 0.1) is 12.3 Å². The van der Waals surface area contributed by atoms with E-state index in [1.54, 1.807) is 38.1 Å². The first-order valence-electron chi connectivity index (χ1n) is 11.3. The van der Waals surface area contributed by atoms with Crippen molar-refractivity contribution in [3.05, 3.63) is 65.7 Å². The summed E-state index contributed by atoms with van der Waals surface area (Å²) in [5.41, 5.74) is -1.18. The van der Waals surface area contributed by atoms with Gasteiger partial charge in [-0.15, -0.1) is 0 Å². The molecule has 1 aliphatic carbocycles. The van der Waals surface area contributed by atoms with Crippen LogP contribution in [0.1, 0.15) is 30.9 Å². The van der Waals surface area contributed by atoms with Gasteiger partial charge in [-0.1, -0.05) is 30.3 Å². The predicted octanol–water partition coefficient (Wildman–Crippen LogP) is 5.03. The Morgan fingerprint density at radius 1 is 1.03 bits per heavy atom. The molecule has 1 fully saturated rings. The van der Waals surface area contributed by atoms with E-state index in [0.29, 0.717) is 18.4 Å². The van der Waals surface area contributed by atoms with Crippen molar-refractivity contribution in [3.63, 3.8) is 0 Å². The van der Waals surface area contributed by atoms with Crippen molar-refractivity contribution >= 4 is 27.6 Å². The van der Waals surface area contributed by atoms with Crippen molar-refractivity contribution in [1.82, 2.24) is 9.97 Å². The van der Waals surface area contributed by atoms with Crippen LogP contribution in [0.25, 0.3) is 11.3 Å². The molecule has 0 bridgehead atoms. The van der Waals surface area contributed by atoms with Crippen LogP contribution in [-0.2, 0) is 25.7 Å². The Morgan fingerprint density at radius 2 is 1.73 bits per heavy atom. The highest BCUT2D eigenvalue weighted by Gasteiger charge is 2.47. The van der Waals surface area contributed by atoms with Gasteiger partial charge in [0.25, 0.3) is 10.0 Å². The van der Waals surface area contributed by atoms with Gasteiger partial charge in [-0.25, -0.2) is 9.97 Å². The number of carbonyl (C=O) groups is 1. The van der Waals surface area contributed by atoms with E-state index in [1.165, 1.54) is 25.3 Å². The molecule has 2 N–H and O–H groups in total. The summed E-state index contributed by atoms with van der Waals surface area (Å²) in [6.07, 6.45) is -3.70. The number of ether oxygens (including phenoxy) is 1. The molecule has 4 rings (SSSR count). The number of hydrogen-bond acceptors (Lipinski definition) is 7. The zero-order chi connectivity index (χ0) is 27.0. The number of alkyl halides is 3. The van der Waals surface area contributed by atoms with Gasteiger partial charge in [0.2, 0.25) is 0 Å². The minimum absolute atomic E-state index is 0.101. The summed E-state index contributed by atoms with van der Waals surface area (Å²) >= 11 is 0. The summed E-state index contributed by atoms with van der Waals surface area (Å²) in [5, 5.41) is 2.76. The van der Waals surface area contributed by atoms with Crippen molar-refractivity contribution in [2.45, 2.75) is 43.9 Å². The average Bonchev–Trinajstić information content (AvgIpc) is 2.82. The van der Waals surface area contributed by atoms with Crippen LogP contribution in [0.5, 0.6) is 0 Å². The van der Waals surface area contributed by atoms with Gasteiger partial charge in [0.05, 0.1) is 23.8 Å². The van der Waals surface area contributed by atoms with Gasteiger partial charge in [-0.2, -0.15) is 21.6 Å². The summed E-state index contributed by atoms with van der Waals surface area (Å²) in [5.74, 6) is -0.312. The fourth-order valence-corrected chi connectivity index (χ4v) is 5.35. The third-order valence-electron chi connectivity index (χ3n) is 6.26. The SMILES string of the molecule is COC(=O)[C@]1(C)C[C@H](Nc2cccc(S(=O)(=O)Nc3ccc(C(F)(F)F)c(-c4ccccc4C)n3)n2)C1. The number of anilines is 2. The van der Waals surface area contributed by atoms with Gasteiger partial charge in [0, 0.05) is 11.6 Å². The number of nitrogens with zero attached hydrogens (tertiary/aromatic N) is 2. The lowest BCUT2D eigenvalue weighted by atomic mass is 9.67. The second-order valence-electron chi connectivity index (χ2n) is 9.17. The Hall–Kier alpha value is -3.67. The van der Waals surface area contributed by atoms with Gasteiger partial charge in [-0.05, 0) is 56.5 Å². The number of hydrogen-bond donors (Lipinski definition) is 2. The average molecular weight is 535 g/mol. The van der Waals surface area contributed by atoms with Gasteiger partial charge >= 0.3 is 12.1 Å². The Labute approximate surface area is 212 Å². The molecule has 2 heterocycles. The molecule has 8 nitrogen and oxygen atoms in total. The molecule has 1 aliphatic rings. The number of rotatable bonds is 7. The van der Waals surface area contributed by atoms with E-state index >= 15 is 0 Å². The lowest BCUT2D eigenvalue weighted by molar-refractivity contribution is -0.157. The molecule has 0 radical (unpaired) electrons. The quantitative estimate of drug-likeness (QED) is 0.409. The number of pyridine rings is 2. The van der Waals surface area contributed by atoms with Crippen molar-refractivity contribution in [1.29, 1.82) is 0 Å². The molecule has 37 heavy (non-hydrogen) atoms. The fraction of sp³-hybridized carbons (Fsp3) is 0.320. The first-order valence-corrected chi connectivity index (χ1v) is 12.8. The Kier molecular flexibility index (Phi) is 6.89. The smallest absolute Gasteiger partial charge is 0.418 e. The molecule has 1 aromatic carbocycles. The van der Waals surface area contributed by atoms with E-state index in [4.69, 9.17) is 4.74 Å². The highest BCUT2D eigenvalue weighted by atomic mass is 32.2. The molecule has 2 aromatic heterocycles. The first-order chi connectivity index (χ1) is 17.3. The number of halogens is 3. The van der Waals surface area contributed by atoms with Crippen LogP contribution in [0.2, 0.25) is 0 Å². The summed E-state index contributed by atoms with van der Waals surface area (Å²) in [6.45, 7) is 3.43. The summed E-state index contributed by atoms with van der Waals surface area (Å²) in [4.78, 5) is 20.0.